The van der Waals surface area contributed by atoms with Crippen LogP contribution < -0.4 is 15.4 Å². The molecule has 0 radical (unpaired) electrons. The molecule has 156 valence electrons. The molecule has 29 heavy (non-hydrogen) atoms. The van der Waals surface area contributed by atoms with Gasteiger partial charge in [0.25, 0.3) is 0 Å². The van der Waals surface area contributed by atoms with Crippen LogP contribution in [-0.2, 0) is 11.3 Å². The maximum Gasteiger partial charge on any atom is 0.319 e. The molecule has 1 saturated heterocycles. The molecule has 2 amide bonds. The topological polar surface area (TPSA) is 62.8 Å². The maximum atomic E-state index is 12.2. The van der Waals surface area contributed by atoms with Crippen LogP contribution in [0.25, 0.3) is 0 Å². The molecule has 0 aliphatic carbocycles. The van der Waals surface area contributed by atoms with Gasteiger partial charge in [0.05, 0.1) is 13.2 Å². The second kappa shape index (κ2) is 10.8. The van der Waals surface area contributed by atoms with E-state index in [9.17, 15) is 4.79 Å². The predicted octanol–water partition coefficient (Wildman–Crippen LogP) is 3.84. The number of ether oxygens (including phenoxy) is 2. The summed E-state index contributed by atoms with van der Waals surface area (Å²) in [5.41, 5.74) is 3.00. The van der Waals surface area contributed by atoms with Crippen molar-refractivity contribution < 1.29 is 14.3 Å². The smallest absolute Gasteiger partial charge is 0.319 e. The standard InChI is InChI=1S/C23H31N3O3/c1-18(2)20-6-4-7-21(16-20)25-23(27)24-17-19-5-3-8-22(15-19)29-14-11-26-9-12-28-13-10-26/h3-8,15-16,18H,9-14,17H2,1-2H3,(H2,24,25,27). The maximum absolute atomic E-state index is 12.2. The van der Waals surface area contributed by atoms with E-state index in [0.717, 1.165) is 49.8 Å². The lowest BCUT2D eigenvalue weighted by molar-refractivity contribution is 0.0322. The third-order valence-corrected chi connectivity index (χ3v) is 4.94. The largest absolute Gasteiger partial charge is 0.492 e. The van der Waals surface area contributed by atoms with E-state index < -0.39 is 0 Å². The molecule has 2 aromatic carbocycles. The van der Waals surface area contributed by atoms with Gasteiger partial charge < -0.3 is 20.1 Å². The molecular formula is C23H31N3O3. The number of carbonyl (C=O) groups excluding carboxylic acids is 1. The lowest BCUT2D eigenvalue weighted by atomic mass is 10.0. The Bertz CT molecular complexity index is 788. The zero-order valence-corrected chi connectivity index (χ0v) is 17.3. The highest BCUT2D eigenvalue weighted by Gasteiger charge is 2.10. The fourth-order valence-electron chi connectivity index (χ4n) is 3.20. The van der Waals surface area contributed by atoms with E-state index in [1.807, 2.05) is 42.5 Å². The Morgan fingerprint density at radius 3 is 2.72 bits per heavy atom. The van der Waals surface area contributed by atoms with Crippen molar-refractivity contribution >= 4 is 11.7 Å². The molecule has 2 N–H and O–H groups in total. The number of carbonyl (C=O) groups is 1. The Kier molecular flexibility index (Phi) is 7.90. The predicted molar refractivity (Wildman–Crippen MR) is 116 cm³/mol. The van der Waals surface area contributed by atoms with E-state index in [1.54, 1.807) is 0 Å². The Morgan fingerprint density at radius 2 is 1.93 bits per heavy atom. The number of hydrogen-bond donors (Lipinski definition) is 2. The van der Waals surface area contributed by atoms with Gasteiger partial charge in [-0.3, -0.25) is 4.90 Å². The number of nitrogens with zero attached hydrogens (tertiary/aromatic N) is 1. The van der Waals surface area contributed by atoms with Gasteiger partial charge in [-0.05, 0) is 41.3 Å². The number of anilines is 1. The molecule has 6 nitrogen and oxygen atoms in total. The first-order valence-electron chi connectivity index (χ1n) is 10.3. The van der Waals surface area contributed by atoms with Gasteiger partial charge in [-0.1, -0.05) is 38.1 Å². The Balaban J connectivity index is 1.43. The average Bonchev–Trinajstić information content (AvgIpc) is 2.73. The monoisotopic (exact) mass is 397 g/mol. The summed E-state index contributed by atoms with van der Waals surface area (Å²) in [7, 11) is 0. The zero-order valence-electron chi connectivity index (χ0n) is 17.3. The van der Waals surface area contributed by atoms with Crippen LogP contribution in [0.5, 0.6) is 5.75 Å². The van der Waals surface area contributed by atoms with Crippen LogP contribution in [0.2, 0.25) is 0 Å². The SMILES string of the molecule is CC(C)c1cccc(NC(=O)NCc2cccc(OCCN3CCOCC3)c2)c1. The summed E-state index contributed by atoms with van der Waals surface area (Å²) in [4.78, 5) is 14.6. The van der Waals surface area contributed by atoms with E-state index in [2.05, 4.69) is 35.4 Å². The average molecular weight is 398 g/mol. The molecule has 1 fully saturated rings. The molecule has 1 heterocycles. The van der Waals surface area contributed by atoms with Gasteiger partial charge >= 0.3 is 6.03 Å². The molecule has 1 aliphatic heterocycles. The molecule has 0 aromatic heterocycles. The van der Waals surface area contributed by atoms with E-state index >= 15 is 0 Å². The first kappa shape index (κ1) is 21.1. The van der Waals surface area contributed by atoms with Crippen molar-refractivity contribution in [2.45, 2.75) is 26.3 Å². The molecule has 0 atom stereocenters. The molecule has 0 saturated carbocycles. The summed E-state index contributed by atoms with van der Waals surface area (Å²) in [5, 5.41) is 5.80. The van der Waals surface area contributed by atoms with Gasteiger partial charge in [0.2, 0.25) is 0 Å². The first-order valence-corrected chi connectivity index (χ1v) is 10.3. The molecule has 0 spiro atoms. The Hall–Kier alpha value is -2.57. The summed E-state index contributed by atoms with van der Waals surface area (Å²) in [5.74, 6) is 1.24. The fraction of sp³-hybridized carbons (Fsp3) is 0.435. The minimum atomic E-state index is -0.218. The summed E-state index contributed by atoms with van der Waals surface area (Å²) >= 11 is 0. The number of hydrogen-bond acceptors (Lipinski definition) is 4. The second-order valence-electron chi connectivity index (χ2n) is 7.54. The van der Waals surface area contributed by atoms with E-state index in [-0.39, 0.29) is 6.03 Å². The van der Waals surface area contributed by atoms with Crippen LogP contribution in [0.1, 0.15) is 30.9 Å². The van der Waals surface area contributed by atoms with Crippen LogP contribution in [0.3, 0.4) is 0 Å². The molecule has 3 rings (SSSR count). The summed E-state index contributed by atoms with van der Waals surface area (Å²) < 4.78 is 11.2. The highest BCUT2D eigenvalue weighted by Crippen LogP contribution is 2.18. The molecule has 0 unspecified atom stereocenters. The molecule has 2 aromatic rings. The van der Waals surface area contributed by atoms with Crippen molar-refractivity contribution in [3.8, 4) is 5.75 Å². The molecule has 1 aliphatic rings. The minimum Gasteiger partial charge on any atom is -0.492 e. The lowest BCUT2D eigenvalue weighted by Gasteiger charge is -2.26. The van der Waals surface area contributed by atoms with Gasteiger partial charge in [0.15, 0.2) is 0 Å². The van der Waals surface area contributed by atoms with Crippen molar-refractivity contribution in [2.75, 3.05) is 44.8 Å². The quantitative estimate of drug-likeness (QED) is 0.710. The van der Waals surface area contributed by atoms with E-state index in [1.165, 1.54) is 5.56 Å². The van der Waals surface area contributed by atoms with Gasteiger partial charge in [-0.15, -0.1) is 0 Å². The molecule has 6 heteroatoms. The van der Waals surface area contributed by atoms with E-state index in [4.69, 9.17) is 9.47 Å². The van der Waals surface area contributed by atoms with Gasteiger partial charge in [0, 0.05) is 31.9 Å². The third-order valence-electron chi connectivity index (χ3n) is 4.94. The van der Waals surface area contributed by atoms with Gasteiger partial charge in [0.1, 0.15) is 12.4 Å². The number of nitrogens with one attached hydrogen (secondary N) is 2. The highest BCUT2D eigenvalue weighted by molar-refractivity contribution is 5.89. The van der Waals surface area contributed by atoms with Crippen molar-refractivity contribution in [3.63, 3.8) is 0 Å². The number of amides is 2. The van der Waals surface area contributed by atoms with Crippen LogP contribution in [0.4, 0.5) is 10.5 Å². The first-order chi connectivity index (χ1) is 14.1. The fourth-order valence-corrected chi connectivity index (χ4v) is 3.20. The Labute approximate surface area is 173 Å². The number of urea groups is 1. The van der Waals surface area contributed by atoms with Gasteiger partial charge in [-0.2, -0.15) is 0 Å². The normalized spacial score (nSPS) is 14.6. The summed E-state index contributed by atoms with van der Waals surface area (Å²) in [6.45, 7) is 9.76. The molecule has 0 bridgehead atoms. The summed E-state index contributed by atoms with van der Waals surface area (Å²) in [6, 6.07) is 15.6. The lowest BCUT2D eigenvalue weighted by Crippen LogP contribution is -2.38. The Morgan fingerprint density at radius 1 is 1.14 bits per heavy atom. The van der Waals surface area contributed by atoms with Crippen LogP contribution in [0.15, 0.2) is 48.5 Å². The zero-order chi connectivity index (χ0) is 20.5. The van der Waals surface area contributed by atoms with Crippen LogP contribution >= 0.6 is 0 Å². The van der Waals surface area contributed by atoms with Crippen LogP contribution in [0, 0.1) is 0 Å². The van der Waals surface area contributed by atoms with E-state index in [0.29, 0.717) is 19.1 Å². The number of morpholine rings is 1. The van der Waals surface area contributed by atoms with Crippen molar-refractivity contribution in [1.82, 2.24) is 10.2 Å². The minimum absolute atomic E-state index is 0.218. The van der Waals surface area contributed by atoms with Crippen molar-refractivity contribution in [3.05, 3.63) is 59.7 Å². The van der Waals surface area contributed by atoms with Crippen molar-refractivity contribution in [2.24, 2.45) is 0 Å². The van der Waals surface area contributed by atoms with Crippen LogP contribution in [-0.4, -0.2) is 50.4 Å². The van der Waals surface area contributed by atoms with Gasteiger partial charge in [-0.25, -0.2) is 4.79 Å². The third kappa shape index (κ3) is 7.07. The number of rotatable bonds is 8. The highest BCUT2D eigenvalue weighted by atomic mass is 16.5. The number of benzene rings is 2. The summed E-state index contributed by atoms with van der Waals surface area (Å²) in [6.07, 6.45) is 0. The second-order valence-corrected chi connectivity index (χ2v) is 7.54. The molecular weight excluding hydrogens is 366 g/mol. The van der Waals surface area contributed by atoms with Crippen molar-refractivity contribution in [1.29, 1.82) is 0 Å².